The zero-order chi connectivity index (χ0) is 19.2. The number of hydrogen-bond acceptors (Lipinski definition) is 5. The molecule has 1 aliphatic rings. The summed E-state index contributed by atoms with van der Waals surface area (Å²) < 4.78 is 27.1. The van der Waals surface area contributed by atoms with E-state index in [2.05, 4.69) is 24.1 Å². The summed E-state index contributed by atoms with van der Waals surface area (Å²) in [5.41, 5.74) is 0. The van der Waals surface area contributed by atoms with Gasteiger partial charge in [-0.15, -0.1) is 11.3 Å². The van der Waals surface area contributed by atoms with Crippen molar-refractivity contribution in [3.05, 3.63) is 17.5 Å². The molecule has 1 aromatic heterocycles. The zero-order valence-corrected chi connectivity index (χ0v) is 17.6. The standard InChI is InChI=1S/C18H31N3O3S2/c1-4-20(5-2)13-10-19-18(22)15(3)16-8-11-21(12-9-16)26(23,24)17-7-6-14-25-17/h6-7,14-16H,4-5,8-13H2,1-3H3,(H,19,22)/t15-/m1/s1. The van der Waals surface area contributed by atoms with Crippen LogP contribution in [-0.4, -0.2) is 62.8 Å². The van der Waals surface area contributed by atoms with Crippen molar-refractivity contribution in [2.45, 2.75) is 37.8 Å². The van der Waals surface area contributed by atoms with E-state index in [1.807, 2.05) is 6.92 Å². The second-order valence-corrected chi connectivity index (χ2v) is 9.89. The van der Waals surface area contributed by atoms with Crippen molar-refractivity contribution in [1.82, 2.24) is 14.5 Å². The SMILES string of the molecule is CCN(CC)CCNC(=O)[C@H](C)C1CCN(S(=O)(=O)c2cccs2)CC1. The van der Waals surface area contributed by atoms with Gasteiger partial charge in [-0.3, -0.25) is 4.79 Å². The van der Waals surface area contributed by atoms with E-state index >= 15 is 0 Å². The molecule has 6 nitrogen and oxygen atoms in total. The van der Waals surface area contributed by atoms with Gasteiger partial charge in [-0.1, -0.05) is 26.8 Å². The molecule has 1 saturated heterocycles. The number of carbonyl (C=O) groups excluding carboxylic acids is 1. The first-order chi connectivity index (χ1) is 12.4. The van der Waals surface area contributed by atoms with Crippen molar-refractivity contribution in [2.75, 3.05) is 39.3 Å². The van der Waals surface area contributed by atoms with Crippen LogP contribution >= 0.6 is 11.3 Å². The van der Waals surface area contributed by atoms with Gasteiger partial charge in [0.15, 0.2) is 0 Å². The molecular weight excluding hydrogens is 370 g/mol. The van der Waals surface area contributed by atoms with Crippen molar-refractivity contribution < 1.29 is 13.2 Å². The highest BCUT2D eigenvalue weighted by atomic mass is 32.2. The molecule has 0 bridgehead atoms. The Hall–Kier alpha value is -0.960. The molecule has 1 N–H and O–H groups in total. The fourth-order valence-corrected chi connectivity index (χ4v) is 6.02. The largest absolute Gasteiger partial charge is 0.355 e. The molecule has 8 heteroatoms. The maximum absolute atomic E-state index is 12.6. The van der Waals surface area contributed by atoms with Gasteiger partial charge < -0.3 is 10.2 Å². The lowest BCUT2D eigenvalue weighted by Gasteiger charge is -2.33. The van der Waals surface area contributed by atoms with Crippen LogP contribution in [0.3, 0.4) is 0 Å². The highest BCUT2D eigenvalue weighted by Gasteiger charge is 2.33. The third kappa shape index (κ3) is 5.28. The summed E-state index contributed by atoms with van der Waals surface area (Å²) in [6, 6.07) is 3.41. The van der Waals surface area contributed by atoms with Crippen LogP contribution in [0, 0.1) is 11.8 Å². The molecule has 148 valence electrons. The second kappa shape index (κ2) is 9.82. The summed E-state index contributed by atoms with van der Waals surface area (Å²) in [5.74, 6) is 0.230. The van der Waals surface area contributed by atoms with Crippen LogP contribution < -0.4 is 5.32 Å². The van der Waals surface area contributed by atoms with Crippen molar-refractivity contribution in [2.24, 2.45) is 11.8 Å². The quantitative estimate of drug-likeness (QED) is 0.689. The number of piperidine rings is 1. The number of hydrogen-bond donors (Lipinski definition) is 1. The number of carbonyl (C=O) groups is 1. The first kappa shape index (κ1) is 21.3. The lowest BCUT2D eigenvalue weighted by Crippen LogP contribution is -2.43. The smallest absolute Gasteiger partial charge is 0.252 e. The van der Waals surface area contributed by atoms with Gasteiger partial charge in [0.25, 0.3) is 10.0 Å². The van der Waals surface area contributed by atoms with Gasteiger partial charge >= 0.3 is 0 Å². The first-order valence-corrected chi connectivity index (χ1v) is 11.8. The van der Waals surface area contributed by atoms with Crippen LogP contribution in [0.5, 0.6) is 0 Å². The molecule has 1 fully saturated rings. The molecule has 2 heterocycles. The molecule has 1 amide bonds. The normalized spacial score (nSPS) is 18.2. The van der Waals surface area contributed by atoms with Gasteiger partial charge in [-0.2, -0.15) is 4.31 Å². The van der Waals surface area contributed by atoms with Crippen LogP contribution in [0.15, 0.2) is 21.7 Å². The Bertz CT molecular complexity index is 649. The molecular formula is C18H31N3O3S2. The molecule has 0 radical (unpaired) electrons. The van der Waals surface area contributed by atoms with Crippen LogP contribution in [0.1, 0.15) is 33.6 Å². The van der Waals surface area contributed by atoms with Gasteiger partial charge in [0.05, 0.1) is 0 Å². The number of thiophene rings is 1. The summed E-state index contributed by atoms with van der Waals surface area (Å²) in [4.78, 5) is 14.7. The molecule has 0 aromatic carbocycles. The maximum Gasteiger partial charge on any atom is 0.252 e. The minimum atomic E-state index is -3.37. The summed E-state index contributed by atoms with van der Waals surface area (Å²) in [6.45, 7) is 10.7. The summed E-state index contributed by atoms with van der Waals surface area (Å²) in [6.07, 6.45) is 1.46. The minimum absolute atomic E-state index is 0.0803. The highest BCUT2D eigenvalue weighted by molar-refractivity contribution is 7.91. The molecule has 0 saturated carbocycles. The molecule has 0 spiro atoms. The van der Waals surface area contributed by atoms with Gasteiger partial charge in [-0.25, -0.2) is 8.42 Å². The zero-order valence-electron chi connectivity index (χ0n) is 16.0. The number of amides is 1. The molecule has 1 atom stereocenters. The Labute approximate surface area is 161 Å². The maximum atomic E-state index is 12.6. The Morgan fingerprint density at radius 2 is 2.00 bits per heavy atom. The Balaban J connectivity index is 1.80. The van der Waals surface area contributed by atoms with E-state index in [1.54, 1.807) is 21.8 Å². The monoisotopic (exact) mass is 401 g/mol. The topological polar surface area (TPSA) is 69.7 Å². The average molecular weight is 402 g/mol. The molecule has 0 aliphatic carbocycles. The van der Waals surface area contributed by atoms with Crippen molar-refractivity contribution in [3.8, 4) is 0 Å². The number of likely N-dealkylation sites (N-methyl/N-ethyl adjacent to an activating group) is 1. The molecule has 0 unspecified atom stereocenters. The van der Waals surface area contributed by atoms with Crippen LogP contribution in [-0.2, 0) is 14.8 Å². The van der Waals surface area contributed by atoms with Crippen LogP contribution in [0.25, 0.3) is 0 Å². The average Bonchev–Trinajstić information content (AvgIpc) is 3.20. The van der Waals surface area contributed by atoms with Gasteiger partial charge in [-0.05, 0) is 43.3 Å². The van der Waals surface area contributed by atoms with E-state index in [0.717, 1.165) is 32.5 Å². The summed E-state index contributed by atoms with van der Waals surface area (Å²) in [7, 11) is -3.37. The number of sulfonamides is 1. The van der Waals surface area contributed by atoms with E-state index in [9.17, 15) is 13.2 Å². The van der Waals surface area contributed by atoms with Gasteiger partial charge in [0.1, 0.15) is 4.21 Å². The summed E-state index contributed by atoms with van der Waals surface area (Å²) >= 11 is 1.25. The van der Waals surface area contributed by atoms with Gasteiger partial charge in [0, 0.05) is 32.1 Å². The minimum Gasteiger partial charge on any atom is -0.355 e. The van der Waals surface area contributed by atoms with E-state index in [4.69, 9.17) is 0 Å². The Morgan fingerprint density at radius 1 is 1.35 bits per heavy atom. The number of nitrogens with zero attached hydrogens (tertiary/aromatic N) is 2. The molecule has 26 heavy (non-hydrogen) atoms. The van der Waals surface area contributed by atoms with Crippen LogP contribution in [0.4, 0.5) is 0 Å². The Morgan fingerprint density at radius 3 is 2.54 bits per heavy atom. The lowest BCUT2D eigenvalue weighted by molar-refractivity contribution is -0.126. The fraction of sp³-hybridized carbons (Fsp3) is 0.722. The number of rotatable bonds is 9. The molecule has 1 aromatic rings. The van der Waals surface area contributed by atoms with E-state index in [-0.39, 0.29) is 17.7 Å². The Kier molecular flexibility index (Phi) is 8.06. The first-order valence-electron chi connectivity index (χ1n) is 9.43. The second-order valence-electron chi connectivity index (χ2n) is 6.78. The van der Waals surface area contributed by atoms with E-state index in [1.165, 1.54) is 11.3 Å². The van der Waals surface area contributed by atoms with Crippen molar-refractivity contribution in [1.29, 1.82) is 0 Å². The summed E-state index contributed by atoms with van der Waals surface area (Å²) in [5, 5.41) is 4.81. The highest BCUT2D eigenvalue weighted by Crippen LogP contribution is 2.29. The van der Waals surface area contributed by atoms with Gasteiger partial charge in [0.2, 0.25) is 5.91 Å². The van der Waals surface area contributed by atoms with E-state index in [0.29, 0.717) is 23.8 Å². The lowest BCUT2D eigenvalue weighted by atomic mass is 9.85. The number of nitrogens with one attached hydrogen (secondary N) is 1. The van der Waals surface area contributed by atoms with Crippen molar-refractivity contribution in [3.63, 3.8) is 0 Å². The van der Waals surface area contributed by atoms with Crippen LogP contribution in [0.2, 0.25) is 0 Å². The molecule has 1 aliphatic heterocycles. The third-order valence-electron chi connectivity index (χ3n) is 5.33. The molecule has 2 rings (SSSR count). The van der Waals surface area contributed by atoms with E-state index < -0.39 is 10.0 Å². The predicted molar refractivity (Wildman–Crippen MR) is 106 cm³/mol. The third-order valence-corrected chi connectivity index (χ3v) is 8.60. The fourth-order valence-electron chi connectivity index (χ4n) is 3.41. The van der Waals surface area contributed by atoms with Crippen molar-refractivity contribution >= 4 is 27.3 Å². The predicted octanol–water partition coefficient (Wildman–Crippen LogP) is 2.24.